The fourth-order valence-corrected chi connectivity index (χ4v) is 1.86. The van der Waals surface area contributed by atoms with Crippen molar-refractivity contribution in [2.24, 2.45) is 0 Å². The first-order chi connectivity index (χ1) is 8.97. The topological polar surface area (TPSA) is 29.5 Å². The van der Waals surface area contributed by atoms with Crippen molar-refractivity contribution in [2.75, 3.05) is 7.11 Å². The molecule has 0 heterocycles. The largest absolute Gasteiger partial charge is 0.508 e. The van der Waals surface area contributed by atoms with Crippen LogP contribution < -0.4 is 4.74 Å². The van der Waals surface area contributed by atoms with Crippen LogP contribution >= 0.6 is 0 Å². The maximum Gasteiger partial charge on any atom is 0.204 e. The molecule has 2 rings (SSSR count). The van der Waals surface area contributed by atoms with Gasteiger partial charge in [0.25, 0.3) is 0 Å². The zero-order chi connectivity index (χ0) is 14.7. The molecular weight excluding hydrogens is 257 g/mol. The van der Waals surface area contributed by atoms with Crippen molar-refractivity contribution < 1.29 is 23.0 Å². The molecule has 0 radical (unpaired) electrons. The SMILES string of the molecule is CC.COc1c(F)c(F)c(F)c2cc(O)cc(C)c12. The maximum absolute atomic E-state index is 13.6. The zero-order valence-electron chi connectivity index (χ0n) is 11.1. The molecule has 19 heavy (non-hydrogen) atoms. The molecule has 0 unspecified atom stereocenters. The molecule has 1 N–H and O–H groups in total. The minimum absolute atomic E-state index is 0.113. The Bertz CT molecular complexity index is 610. The highest BCUT2D eigenvalue weighted by atomic mass is 19.2. The first-order valence-corrected chi connectivity index (χ1v) is 5.81. The van der Waals surface area contributed by atoms with Crippen LogP contribution in [0.2, 0.25) is 0 Å². The van der Waals surface area contributed by atoms with Gasteiger partial charge in [-0.1, -0.05) is 13.8 Å². The van der Waals surface area contributed by atoms with Crippen LogP contribution in [0.3, 0.4) is 0 Å². The van der Waals surface area contributed by atoms with Crippen molar-refractivity contribution in [2.45, 2.75) is 20.8 Å². The van der Waals surface area contributed by atoms with Crippen molar-refractivity contribution in [3.8, 4) is 11.5 Å². The Hall–Kier alpha value is -1.91. The smallest absolute Gasteiger partial charge is 0.204 e. The Morgan fingerprint density at radius 2 is 1.58 bits per heavy atom. The molecule has 0 saturated heterocycles. The van der Waals surface area contributed by atoms with Gasteiger partial charge in [0.2, 0.25) is 5.82 Å². The van der Waals surface area contributed by atoms with E-state index >= 15 is 0 Å². The van der Waals surface area contributed by atoms with E-state index in [4.69, 9.17) is 4.74 Å². The number of aromatic hydroxyl groups is 1. The summed E-state index contributed by atoms with van der Waals surface area (Å²) in [7, 11) is 1.17. The number of benzene rings is 2. The number of phenols is 1. The van der Waals surface area contributed by atoms with Crippen LogP contribution in [0.25, 0.3) is 10.8 Å². The van der Waals surface area contributed by atoms with Crippen molar-refractivity contribution in [1.82, 2.24) is 0 Å². The van der Waals surface area contributed by atoms with E-state index in [0.717, 1.165) is 6.07 Å². The number of ether oxygens (including phenoxy) is 1. The first-order valence-electron chi connectivity index (χ1n) is 5.81. The van der Waals surface area contributed by atoms with E-state index in [0.29, 0.717) is 5.56 Å². The van der Waals surface area contributed by atoms with Crippen molar-refractivity contribution in [3.05, 3.63) is 35.1 Å². The second kappa shape index (κ2) is 5.82. The van der Waals surface area contributed by atoms with E-state index in [1.165, 1.54) is 13.2 Å². The third kappa shape index (κ3) is 2.45. The minimum atomic E-state index is -1.61. The number of aryl methyl sites for hydroxylation is 1. The summed E-state index contributed by atoms with van der Waals surface area (Å²) >= 11 is 0. The summed E-state index contributed by atoms with van der Waals surface area (Å²) in [6.45, 7) is 5.54. The summed E-state index contributed by atoms with van der Waals surface area (Å²) in [5.41, 5.74) is 0.398. The monoisotopic (exact) mass is 272 g/mol. The summed E-state index contributed by atoms with van der Waals surface area (Å²) in [4.78, 5) is 0. The molecule has 0 saturated carbocycles. The molecule has 0 fully saturated rings. The number of fused-ring (bicyclic) bond motifs is 1. The normalized spacial score (nSPS) is 10.1. The molecule has 0 aliphatic heterocycles. The number of rotatable bonds is 1. The molecule has 0 aliphatic carbocycles. The Morgan fingerprint density at radius 1 is 1.00 bits per heavy atom. The van der Waals surface area contributed by atoms with Crippen LogP contribution in [-0.4, -0.2) is 12.2 Å². The van der Waals surface area contributed by atoms with Crippen molar-refractivity contribution in [1.29, 1.82) is 0 Å². The van der Waals surface area contributed by atoms with E-state index in [2.05, 4.69) is 0 Å². The van der Waals surface area contributed by atoms with Gasteiger partial charge < -0.3 is 9.84 Å². The number of phenolic OH excluding ortho intramolecular Hbond substituents is 1. The van der Waals surface area contributed by atoms with E-state index in [1.54, 1.807) is 6.92 Å². The quantitative estimate of drug-likeness (QED) is 0.784. The summed E-state index contributed by atoms with van der Waals surface area (Å²) in [6, 6.07) is 2.35. The molecule has 5 heteroatoms. The Morgan fingerprint density at radius 3 is 2.11 bits per heavy atom. The van der Waals surface area contributed by atoms with Crippen molar-refractivity contribution >= 4 is 10.8 Å². The molecule has 2 nitrogen and oxygen atoms in total. The second-order valence-corrected chi connectivity index (χ2v) is 3.66. The molecule has 0 spiro atoms. The van der Waals surface area contributed by atoms with Gasteiger partial charge in [-0.2, -0.15) is 4.39 Å². The number of halogens is 3. The van der Waals surface area contributed by atoms with Crippen LogP contribution in [0.15, 0.2) is 12.1 Å². The van der Waals surface area contributed by atoms with Gasteiger partial charge in [0.05, 0.1) is 7.11 Å². The highest BCUT2D eigenvalue weighted by molar-refractivity contribution is 5.93. The third-order valence-electron chi connectivity index (χ3n) is 2.57. The standard InChI is InChI=1S/C12H9F3O2.C2H6/c1-5-3-6(16)4-7-8(5)12(17-2)11(15)10(14)9(7)13;1-2/h3-4,16H,1-2H3;1-2H3. The van der Waals surface area contributed by atoms with Gasteiger partial charge in [0.15, 0.2) is 17.4 Å². The fraction of sp³-hybridized carbons (Fsp3) is 0.286. The van der Waals surface area contributed by atoms with Crippen LogP contribution in [0.1, 0.15) is 19.4 Å². The fourth-order valence-electron chi connectivity index (χ4n) is 1.86. The van der Waals surface area contributed by atoms with Crippen LogP contribution in [0.5, 0.6) is 11.5 Å². The predicted molar refractivity (Wildman–Crippen MR) is 68.1 cm³/mol. The lowest BCUT2D eigenvalue weighted by molar-refractivity contribution is 0.367. The summed E-state index contributed by atoms with van der Waals surface area (Å²) in [5, 5.41) is 9.24. The number of hydrogen-bond acceptors (Lipinski definition) is 2. The molecular formula is C14H15F3O2. The van der Waals surface area contributed by atoms with Crippen LogP contribution in [0, 0.1) is 24.4 Å². The lowest BCUT2D eigenvalue weighted by Gasteiger charge is -2.11. The molecule has 2 aromatic carbocycles. The van der Waals surface area contributed by atoms with Crippen LogP contribution in [-0.2, 0) is 0 Å². The minimum Gasteiger partial charge on any atom is -0.508 e. The molecule has 0 aliphatic rings. The second-order valence-electron chi connectivity index (χ2n) is 3.66. The highest BCUT2D eigenvalue weighted by Crippen LogP contribution is 2.37. The molecule has 104 valence electrons. The van der Waals surface area contributed by atoms with E-state index in [1.807, 2.05) is 13.8 Å². The van der Waals surface area contributed by atoms with E-state index in [9.17, 15) is 18.3 Å². The zero-order valence-corrected chi connectivity index (χ0v) is 11.1. The van der Waals surface area contributed by atoms with Gasteiger partial charge in [-0.15, -0.1) is 0 Å². The maximum atomic E-state index is 13.6. The van der Waals surface area contributed by atoms with Gasteiger partial charge in [-0.3, -0.25) is 0 Å². The average molecular weight is 272 g/mol. The summed E-state index contributed by atoms with van der Waals surface area (Å²) < 4.78 is 45.0. The lowest BCUT2D eigenvalue weighted by Crippen LogP contribution is -1.99. The molecule has 0 atom stereocenters. The third-order valence-corrected chi connectivity index (χ3v) is 2.57. The van der Waals surface area contributed by atoms with E-state index in [-0.39, 0.29) is 22.3 Å². The Balaban J connectivity index is 0.000000861. The van der Waals surface area contributed by atoms with Gasteiger partial charge in [0, 0.05) is 10.8 Å². The van der Waals surface area contributed by atoms with Gasteiger partial charge >= 0.3 is 0 Å². The number of methoxy groups -OCH3 is 1. The Kier molecular flexibility index (Phi) is 4.64. The van der Waals surface area contributed by atoms with Crippen molar-refractivity contribution in [3.63, 3.8) is 0 Å². The summed E-state index contributed by atoms with van der Waals surface area (Å²) in [6.07, 6.45) is 0. The summed E-state index contributed by atoms with van der Waals surface area (Å²) in [5.74, 6) is -4.90. The molecule has 0 aromatic heterocycles. The van der Waals surface area contributed by atoms with Crippen LogP contribution in [0.4, 0.5) is 13.2 Å². The van der Waals surface area contributed by atoms with Gasteiger partial charge in [-0.05, 0) is 24.6 Å². The van der Waals surface area contributed by atoms with Gasteiger partial charge in [0.1, 0.15) is 5.75 Å². The number of hydrogen-bond donors (Lipinski definition) is 1. The molecule has 2 aromatic rings. The molecule has 0 bridgehead atoms. The van der Waals surface area contributed by atoms with Gasteiger partial charge in [-0.25, -0.2) is 8.78 Å². The molecule has 0 amide bonds. The highest BCUT2D eigenvalue weighted by Gasteiger charge is 2.22. The Labute approximate surface area is 109 Å². The average Bonchev–Trinajstić information content (AvgIpc) is 2.40. The lowest BCUT2D eigenvalue weighted by atomic mass is 10.0. The first kappa shape index (κ1) is 15.1. The predicted octanol–water partition coefficient (Wildman–Crippen LogP) is 4.31. The van der Waals surface area contributed by atoms with E-state index < -0.39 is 17.5 Å².